The van der Waals surface area contributed by atoms with Gasteiger partial charge in [-0.15, -0.1) is 0 Å². The molecular formula is C36H70O10Si2. The van der Waals surface area contributed by atoms with Gasteiger partial charge in [-0.1, -0.05) is 65.8 Å². The molecule has 48 heavy (non-hydrogen) atoms. The van der Waals surface area contributed by atoms with Gasteiger partial charge in [0.2, 0.25) is 0 Å². The predicted octanol–water partition coefficient (Wildman–Crippen LogP) is 8.32. The van der Waals surface area contributed by atoms with E-state index in [0.717, 1.165) is 0 Å². The Morgan fingerprint density at radius 3 is 1.10 bits per heavy atom. The first-order chi connectivity index (χ1) is 22.1. The first-order valence-electron chi connectivity index (χ1n) is 17.2. The van der Waals surface area contributed by atoms with Gasteiger partial charge in [0.05, 0.1) is 12.2 Å². The lowest BCUT2D eigenvalue weighted by Crippen LogP contribution is -2.52. The van der Waals surface area contributed by atoms with Gasteiger partial charge in [0.1, 0.15) is 38.0 Å². The number of ether oxygens (including phenoxy) is 6. The molecule has 6 atom stereocenters. The molecule has 10 nitrogen and oxygen atoms in total. The normalized spacial score (nSPS) is 17.2. The number of carbonyl (C=O) groups is 2. The molecule has 0 aromatic rings. The van der Waals surface area contributed by atoms with Gasteiger partial charge in [0.25, 0.3) is 0 Å². The Morgan fingerprint density at radius 2 is 0.875 bits per heavy atom. The zero-order chi connectivity index (χ0) is 37.3. The lowest BCUT2D eigenvalue weighted by molar-refractivity contribution is -0.161. The fraction of sp³-hybridized carbons (Fsp3) is 0.833. The van der Waals surface area contributed by atoms with Crippen molar-refractivity contribution in [2.24, 2.45) is 0 Å². The van der Waals surface area contributed by atoms with E-state index >= 15 is 0 Å². The third-order valence-corrected chi connectivity index (χ3v) is 18.3. The van der Waals surface area contributed by atoms with Crippen molar-refractivity contribution >= 4 is 28.6 Å². The van der Waals surface area contributed by atoms with Gasteiger partial charge in [-0.3, -0.25) is 9.59 Å². The van der Waals surface area contributed by atoms with Crippen LogP contribution in [0.5, 0.6) is 0 Å². The third-order valence-electron chi connectivity index (χ3n) is 9.28. The van der Waals surface area contributed by atoms with Crippen LogP contribution in [0.25, 0.3) is 0 Å². The SMILES string of the molecule is C/C=C/[C@H](OCOC)[C@H](CC[C@H](O[Si](C)(C)C(C)(C)C)[C@H](CC[C@H](OC(C)=O)[C@H](/C=C/C)OCOC)O[Si](C)(C)C(C)(C)C)OC(C)=O. The molecule has 0 N–H and O–H groups in total. The van der Waals surface area contributed by atoms with E-state index in [-0.39, 0.29) is 47.8 Å². The maximum absolute atomic E-state index is 12.3. The molecule has 0 fully saturated rings. The van der Waals surface area contributed by atoms with E-state index in [0.29, 0.717) is 25.7 Å². The van der Waals surface area contributed by atoms with Gasteiger partial charge in [-0.2, -0.15) is 0 Å². The second-order valence-electron chi connectivity index (χ2n) is 15.4. The zero-order valence-electron chi connectivity index (χ0n) is 33.1. The minimum absolute atomic E-state index is 0.0594. The Labute approximate surface area is 294 Å². The number of carbonyl (C=O) groups excluding carboxylic acids is 2. The van der Waals surface area contributed by atoms with E-state index in [1.807, 2.05) is 38.2 Å². The van der Waals surface area contributed by atoms with Crippen LogP contribution in [-0.2, 0) is 46.9 Å². The molecule has 0 aromatic heterocycles. The van der Waals surface area contributed by atoms with Crippen molar-refractivity contribution in [1.29, 1.82) is 0 Å². The molecule has 0 aliphatic rings. The van der Waals surface area contributed by atoms with Crippen molar-refractivity contribution < 1.29 is 46.9 Å². The zero-order valence-corrected chi connectivity index (χ0v) is 35.1. The number of hydrogen-bond donors (Lipinski definition) is 0. The summed E-state index contributed by atoms with van der Waals surface area (Å²) < 4.78 is 48.4. The summed E-state index contributed by atoms with van der Waals surface area (Å²) >= 11 is 0. The topological polar surface area (TPSA) is 108 Å². The van der Waals surface area contributed by atoms with E-state index in [2.05, 4.69) is 67.7 Å². The molecule has 282 valence electrons. The summed E-state index contributed by atoms with van der Waals surface area (Å²) in [5.74, 6) is -0.775. The second-order valence-corrected chi connectivity index (χ2v) is 24.9. The minimum atomic E-state index is -2.33. The maximum atomic E-state index is 12.3. The van der Waals surface area contributed by atoms with Crippen LogP contribution in [-0.4, -0.2) is 93.0 Å². The highest BCUT2D eigenvalue weighted by Gasteiger charge is 2.45. The lowest BCUT2D eigenvalue weighted by Gasteiger charge is -2.46. The molecule has 0 aromatic carbocycles. The first kappa shape index (κ1) is 46.6. The molecule has 0 radical (unpaired) electrons. The monoisotopic (exact) mass is 718 g/mol. The van der Waals surface area contributed by atoms with Gasteiger partial charge in [0.15, 0.2) is 16.6 Å². The van der Waals surface area contributed by atoms with Crippen molar-refractivity contribution in [2.75, 3.05) is 27.8 Å². The van der Waals surface area contributed by atoms with Gasteiger partial charge >= 0.3 is 11.9 Å². The van der Waals surface area contributed by atoms with Crippen LogP contribution in [0.3, 0.4) is 0 Å². The quantitative estimate of drug-likeness (QED) is 0.0443. The van der Waals surface area contributed by atoms with Gasteiger partial charge in [-0.25, -0.2) is 0 Å². The number of rotatable bonds is 23. The molecule has 0 amide bonds. The van der Waals surface area contributed by atoms with E-state index in [1.54, 1.807) is 14.2 Å². The highest BCUT2D eigenvalue weighted by Crippen LogP contribution is 2.42. The highest BCUT2D eigenvalue weighted by molar-refractivity contribution is 6.74. The van der Waals surface area contributed by atoms with Crippen molar-refractivity contribution in [1.82, 2.24) is 0 Å². The molecular weight excluding hydrogens is 649 g/mol. The summed E-state index contributed by atoms with van der Waals surface area (Å²) in [5, 5.41) is -0.134. The standard InChI is InChI=1S/C36H70O10Si2/c1-17-19-29(41-25-39-11)31(43-27(3)37)21-23-33(45-47(13,14)35(5,6)7)34(46-48(15,16)36(8,9)10)24-22-32(44-28(4)38)30(20-18-2)42-26-40-12/h17-20,29-34H,21-26H2,1-16H3/b19-17+,20-18+/t29-,30-,31-,32-,33-,34-/m0/s1. The highest BCUT2D eigenvalue weighted by atomic mass is 28.4. The number of esters is 2. The Bertz CT molecular complexity index is 906. The molecule has 0 saturated heterocycles. The van der Waals surface area contributed by atoms with Crippen molar-refractivity contribution in [2.45, 2.75) is 168 Å². The summed E-state index contributed by atoms with van der Waals surface area (Å²) in [6.07, 6.45) is 6.74. The van der Waals surface area contributed by atoms with Crippen molar-refractivity contribution in [3.8, 4) is 0 Å². The molecule has 0 bridgehead atoms. The predicted molar refractivity (Wildman–Crippen MR) is 197 cm³/mol. The van der Waals surface area contributed by atoms with Crippen molar-refractivity contribution in [3.63, 3.8) is 0 Å². The number of hydrogen-bond acceptors (Lipinski definition) is 10. The first-order valence-corrected chi connectivity index (χ1v) is 23.0. The van der Waals surface area contributed by atoms with Gasteiger partial charge in [0, 0.05) is 28.1 Å². The minimum Gasteiger partial charge on any atom is -0.459 e. The molecule has 0 heterocycles. The van der Waals surface area contributed by atoms with E-state index < -0.39 is 41.1 Å². The van der Waals surface area contributed by atoms with Crippen LogP contribution in [0.15, 0.2) is 24.3 Å². The van der Waals surface area contributed by atoms with Gasteiger partial charge < -0.3 is 37.3 Å². The Balaban J connectivity index is 7.00. The largest absolute Gasteiger partial charge is 0.459 e. The summed E-state index contributed by atoms with van der Waals surface area (Å²) in [6.45, 7) is 29.0. The average molecular weight is 719 g/mol. The smallest absolute Gasteiger partial charge is 0.303 e. The number of allylic oxidation sites excluding steroid dienone is 2. The van der Waals surface area contributed by atoms with E-state index in [9.17, 15) is 9.59 Å². The van der Waals surface area contributed by atoms with Crippen LogP contribution in [0.1, 0.15) is 94.9 Å². The fourth-order valence-electron chi connectivity index (χ4n) is 4.66. The molecule has 0 spiro atoms. The Kier molecular flexibility index (Phi) is 21.1. The summed E-state index contributed by atoms with van der Waals surface area (Å²) in [4.78, 5) is 24.6. The van der Waals surface area contributed by atoms with Gasteiger partial charge in [-0.05, 0) is 75.8 Å². The summed E-state index contributed by atoms with van der Waals surface area (Å²) in [6, 6.07) is 0. The Morgan fingerprint density at radius 1 is 0.583 bits per heavy atom. The molecule has 0 aliphatic heterocycles. The van der Waals surface area contributed by atoms with Crippen molar-refractivity contribution in [3.05, 3.63) is 24.3 Å². The van der Waals surface area contributed by atoms with Crippen LogP contribution < -0.4 is 0 Å². The molecule has 0 rings (SSSR count). The maximum Gasteiger partial charge on any atom is 0.303 e. The Hall–Kier alpha value is -1.39. The second kappa shape index (κ2) is 21.7. The number of methoxy groups -OCH3 is 2. The molecule has 0 aliphatic carbocycles. The fourth-order valence-corrected chi connectivity index (χ4v) is 7.42. The molecule has 0 saturated carbocycles. The molecule has 12 heteroatoms. The lowest BCUT2D eigenvalue weighted by atomic mass is 9.97. The third kappa shape index (κ3) is 17.0. The summed E-state index contributed by atoms with van der Waals surface area (Å²) in [5.41, 5.74) is 0. The van der Waals surface area contributed by atoms with E-state index in [1.165, 1.54) is 13.8 Å². The summed E-state index contributed by atoms with van der Waals surface area (Å²) in [7, 11) is -1.54. The van der Waals surface area contributed by atoms with E-state index in [4.69, 9.17) is 37.3 Å². The molecule has 0 unspecified atom stereocenters. The average Bonchev–Trinajstić information content (AvgIpc) is 2.94. The van der Waals surface area contributed by atoms with Crippen LogP contribution >= 0.6 is 0 Å². The van der Waals surface area contributed by atoms with Crippen LogP contribution in [0.2, 0.25) is 36.3 Å². The van der Waals surface area contributed by atoms with Crippen LogP contribution in [0.4, 0.5) is 0 Å². The van der Waals surface area contributed by atoms with Crippen LogP contribution in [0, 0.1) is 0 Å².